The summed E-state index contributed by atoms with van der Waals surface area (Å²) in [4.78, 5) is 0. The van der Waals surface area contributed by atoms with Crippen molar-refractivity contribution in [1.82, 2.24) is 0 Å². The second-order valence-electron chi connectivity index (χ2n) is 8.51. The molecule has 0 saturated carbocycles. The van der Waals surface area contributed by atoms with E-state index in [2.05, 4.69) is 61.7 Å². The maximum Gasteiger partial charge on any atom is 0.149 e. The second-order valence-corrected chi connectivity index (χ2v) is 8.51. The van der Waals surface area contributed by atoms with E-state index < -0.39 is 11.2 Å². The molecule has 1 heterocycles. The number of rotatable bonds is 6. The average molecular weight is 640 g/mol. The van der Waals surface area contributed by atoms with E-state index >= 15 is 0 Å². The van der Waals surface area contributed by atoms with Gasteiger partial charge in [0.1, 0.15) is 23.4 Å². The minimum Gasteiger partial charge on any atom is -0.351 e. The van der Waals surface area contributed by atoms with E-state index in [0.717, 1.165) is 22.3 Å². The van der Waals surface area contributed by atoms with Gasteiger partial charge in [-0.3, -0.25) is 0 Å². The molecule has 0 radical (unpaired) electrons. The standard InChI is InChI=1S/C32H28O2.Pt/c1-3-31(27-21-13-7-14-22-27)32(4-2,28-23-15-8-16-24-28)34-30(26-19-11-6-12-20-26)29(33-31)25-17-9-5-10-18-25;/h3-24,29-30H,1-2H2;. The molecule has 1 aliphatic heterocycles. The van der Waals surface area contributed by atoms with Gasteiger partial charge >= 0.3 is 0 Å². The van der Waals surface area contributed by atoms with Gasteiger partial charge in [0, 0.05) is 21.1 Å². The van der Waals surface area contributed by atoms with E-state index in [4.69, 9.17) is 9.47 Å². The molecule has 1 aliphatic rings. The van der Waals surface area contributed by atoms with Gasteiger partial charge in [0.2, 0.25) is 0 Å². The largest absolute Gasteiger partial charge is 0.351 e. The molecule has 3 heteroatoms. The van der Waals surface area contributed by atoms with Crippen molar-refractivity contribution in [3.05, 3.63) is 169 Å². The summed E-state index contributed by atoms with van der Waals surface area (Å²) < 4.78 is 14.4. The molecule has 35 heavy (non-hydrogen) atoms. The van der Waals surface area contributed by atoms with Gasteiger partial charge in [-0.2, -0.15) is 0 Å². The average Bonchev–Trinajstić information content (AvgIpc) is 2.94. The van der Waals surface area contributed by atoms with Crippen LogP contribution in [0.1, 0.15) is 34.5 Å². The molecule has 1 saturated heterocycles. The Balaban J connectivity index is 0.00000289. The number of hydrogen-bond donors (Lipinski definition) is 0. The van der Waals surface area contributed by atoms with Crippen LogP contribution in [0.2, 0.25) is 0 Å². The predicted molar refractivity (Wildman–Crippen MR) is 137 cm³/mol. The fraction of sp³-hybridized carbons (Fsp3) is 0.125. The van der Waals surface area contributed by atoms with E-state index in [0.29, 0.717) is 0 Å². The van der Waals surface area contributed by atoms with Crippen molar-refractivity contribution in [2.24, 2.45) is 0 Å². The van der Waals surface area contributed by atoms with Gasteiger partial charge in [-0.05, 0) is 22.3 Å². The molecule has 4 aromatic carbocycles. The summed E-state index contributed by atoms with van der Waals surface area (Å²) in [7, 11) is 0. The molecule has 4 unspecified atom stereocenters. The molecular formula is C32H28O2Pt. The first kappa shape index (κ1) is 25.1. The first-order valence-electron chi connectivity index (χ1n) is 11.6. The first-order chi connectivity index (χ1) is 16.7. The topological polar surface area (TPSA) is 18.5 Å². The molecule has 4 aromatic rings. The number of ether oxygens (including phenoxy) is 2. The van der Waals surface area contributed by atoms with Gasteiger partial charge in [-0.15, -0.1) is 0 Å². The molecule has 0 spiro atoms. The SMILES string of the molecule is C=CC1(c2ccccc2)OC(c2ccccc2)C(c2ccccc2)OC1(C=C)c1ccccc1.[Pt]. The van der Waals surface area contributed by atoms with E-state index in [9.17, 15) is 0 Å². The Hall–Kier alpha value is -3.03. The zero-order chi connectivity index (χ0) is 23.4. The smallest absolute Gasteiger partial charge is 0.149 e. The summed E-state index contributed by atoms with van der Waals surface area (Å²) in [5.41, 5.74) is 1.99. The maximum absolute atomic E-state index is 7.21. The van der Waals surface area contributed by atoms with Gasteiger partial charge in [0.05, 0.1) is 0 Å². The van der Waals surface area contributed by atoms with Crippen molar-refractivity contribution >= 4 is 0 Å². The molecule has 0 bridgehead atoms. The minimum atomic E-state index is -1.01. The Labute approximate surface area is 222 Å². The van der Waals surface area contributed by atoms with Gasteiger partial charge in [0.15, 0.2) is 0 Å². The Bertz CT molecular complexity index is 1140. The molecule has 2 nitrogen and oxygen atoms in total. The van der Waals surface area contributed by atoms with E-state index in [1.165, 1.54) is 0 Å². The summed E-state index contributed by atoms with van der Waals surface area (Å²) in [6, 6.07) is 40.9. The normalized spacial score (nSPS) is 25.7. The van der Waals surface area contributed by atoms with Crippen molar-refractivity contribution in [3.63, 3.8) is 0 Å². The zero-order valence-corrected chi connectivity index (χ0v) is 21.7. The van der Waals surface area contributed by atoms with Crippen LogP contribution in [-0.4, -0.2) is 0 Å². The van der Waals surface area contributed by atoms with Crippen molar-refractivity contribution in [3.8, 4) is 0 Å². The van der Waals surface area contributed by atoms with Crippen LogP contribution < -0.4 is 0 Å². The zero-order valence-electron chi connectivity index (χ0n) is 19.4. The van der Waals surface area contributed by atoms with Gasteiger partial charge in [-0.1, -0.05) is 147 Å². The third-order valence-corrected chi connectivity index (χ3v) is 6.69. The monoisotopic (exact) mass is 639 g/mol. The van der Waals surface area contributed by atoms with Gasteiger partial charge < -0.3 is 9.47 Å². The van der Waals surface area contributed by atoms with Crippen LogP contribution in [0.5, 0.6) is 0 Å². The Morgan fingerprint density at radius 3 is 1.06 bits per heavy atom. The van der Waals surface area contributed by atoms with Crippen LogP contribution >= 0.6 is 0 Å². The molecular weight excluding hydrogens is 611 g/mol. The molecule has 5 rings (SSSR count). The third-order valence-electron chi connectivity index (χ3n) is 6.69. The molecule has 0 N–H and O–H groups in total. The van der Waals surface area contributed by atoms with Crippen molar-refractivity contribution < 1.29 is 30.5 Å². The van der Waals surface area contributed by atoms with E-state index in [-0.39, 0.29) is 33.3 Å². The van der Waals surface area contributed by atoms with Crippen molar-refractivity contribution in [2.45, 2.75) is 23.4 Å². The molecule has 178 valence electrons. The fourth-order valence-electron chi connectivity index (χ4n) is 5.04. The van der Waals surface area contributed by atoms with Crippen molar-refractivity contribution in [1.29, 1.82) is 0 Å². The van der Waals surface area contributed by atoms with E-state index in [1.807, 2.05) is 84.9 Å². The number of hydrogen-bond acceptors (Lipinski definition) is 2. The van der Waals surface area contributed by atoms with Crippen LogP contribution in [0.3, 0.4) is 0 Å². The number of benzene rings is 4. The summed E-state index contributed by atoms with van der Waals surface area (Å²) in [5.74, 6) is 0. The van der Waals surface area contributed by atoms with Crippen molar-refractivity contribution in [2.75, 3.05) is 0 Å². The Kier molecular flexibility index (Phi) is 7.67. The van der Waals surface area contributed by atoms with Crippen LogP contribution in [0.4, 0.5) is 0 Å². The molecule has 1 fully saturated rings. The Morgan fingerprint density at radius 1 is 0.486 bits per heavy atom. The first-order valence-corrected chi connectivity index (χ1v) is 11.6. The van der Waals surface area contributed by atoms with E-state index in [1.54, 1.807) is 0 Å². The van der Waals surface area contributed by atoms with Crippen LogP contribution in [-0.2, 0) is 41.7 Å². The summed E-state index contributed by atoms with van der Waals surface area (Å²) in [5, 5.41) is 0. The molecule has 0 amide bonds. The summed E-state index contributed by atoms with van der Waals surface area (Å²) in [6.07, 6.45) is 3.01. The molecule has 4 atom stereocenters. The quantitative estimate of drug-likeness (QED) is 0.202. The van der Waals surface area contributed by atoms with Crippen LogP contribution in [0.25, 0.3) is 0 Å². The van der Waals surface area contributed by atoms with Gasteiger partial charge in [-0.25, -0.2) is 0 Å². The van der Waals surface area contributed by atoms with Crippen LogP contribution in [0, 0.1) is 0 Å². The second kappa shape index (κ2) is 10.7. The third kappa shape index (κ3) is 4.27. The molecule has 0 aliphatic carbocycles. The maximum atomic E-state index is 7.21. The summed E-state index contributed by atoms with van der Waals surface area (Å²) in [6.45, 7) is 8.55. The van der Waals surface area contributed by atoms with Gasteiger partial charge in [0.25, 0.3) is 0 Å². The molecule has 0 aromatic heterocycles. The van der Waals surface area contributed by atoms with Crippen LogP contribution in [0.15, 0.2) is 147 Å². The fourth-order valence-corrected chi connectivity index (χ4v) is 5.04. The predicted octanol–water partition coefficient (Wildman–Crippen LogP) is 7.68. The Morgan fingerprint density at radius 2 is 0.771 bits per heavy atom. The minimum absolute atomic E-state index is 0. The summed E-state index contributed by atoms with van der Waals surface area (Å²) >= 11 is 0.